The molecule has 0 unspecified atom stereocenters. The first-order valence-electron chi connectivity index (χ1n) is 8.40. The molecule has 23 heavy (non-hydrogen) atoms. The second-order valence-electron chi connectivity index (χ2n) is 5.86. The zero-order valence-corrected chi connectivity index (χ0v) is 15.0. The number of rotatable bonds is 8. The second-order valence-corrected chi connectivity index (χ2v) is 6.84. The summed E-state index contributed by atoms with van der Waals surface area (Å²) in [6.45, 7) is 6.79. The Morgan fingerprint density at radius 3 is 2.52 bits per heavy atom. The maximum Gasteiger partial charge on any atom is 0.277 e. The minimum absolute atomic E-state index is 0.0941. The molecule has 0 fully saturated rings. The first-order valence-corrected chi connectivity index (χ1v) is 9.28. The molecule has 3 nitrogen and oxygen atoms in total. The Bertz CT molecular complexity index is 592. The number of hydrogen-bond donors (Lipinski definition) is 2. The average molecular weight is 332 g/mol. The Hall–Kier alpha value is -1.65. The first kappa shape index (κ1) is 17.7. The smallest absolute Gasteiger partial charge is 0.277 e. The molecule has 4 heteroatoms. The summed E-state index contributed by atoms with van der Waals surface area (Å²) in [7, 11) is 0. The van der Waals surface area contributed by atoms with Gasteiger partial charge in [-0.3, -0.25) is 4.79 Å². The lowest BCUT2D eigenvalue weighted by molar-refractivity contribution is -0.704. The third-order valence-electron chi connectivity index (χ3n) is 3.97. The van der Waals surface area contributed by atoms with Gasteiger partial charge in [-0.15, -0.1) is 11.3 Å². The number of thiophene rings is 1. The van der Waals surface area contributed by atoms with E-state index in [1.54, 1.807) is 11.3 Å². The fourth-order valence-electron chi connectivity index (χ4n) is 2.73. The summed E-state index contributed by atoms with van der Waals surface area (Å²) >= 11 is 1.74. The topological polar surface area (TPSA) is 45.7 Å². The molecule has 2 atom stereocenters. The summed E-state index contributed by atoms with van der Waals surface area (Å²) in [5, 5.41) is 7.16. The van der Waals surface area contributed by atoms with E-state index in [4.69, 9.17) is 0 Å². The lowest BCUT2D eigenvalue weighted by Gasteiger charge is -2.19. The molecular formula is C19H27N2OS+. The van der Waals surface area contributed by atoms with Crippen molar-refractivity contribution in [3.8, 4) is 0 Å². The number of aryl methyl sites for hydroxylation is 1. The number of hydrogen-bond acceptors (Lipinski definition) is 2. The van der Waals surface area contributed by atoms with Crippen molar-refractivity contribution in [2.24, 2.45) is 0 Å². The van der Waals surface area contributed by atoms with Crippen molar-refractivity contribution in [3.63, 3.8) is 0 Å². The van der Waals surface area contributed by atoms with Gasteiger partial charge >= 0.3 is 0 Å². The van der Waals surface area contributed by atoms with Crippen molar-refractivity contribution in [1.82, 2.24) is 5.32 Å². The number of quaternary nitrogens is 1. The molecule has 1 aromatic heterocycles. The summed E-state index contributed by atoms with van der Waals surface area (Å²) in [4.78, 5) is 13.4. The SMILES string of the molecule is CCCc1ccc([C@H]([NH2+][C@@H](C)C(=O)NCC)c2cccs2)cc1. The second kappa shape index (κ2) is 8.85. The van der Waals surface area contributed by atoms with Crippen LogP contribution in [0.3, 0.4) is 0 Å². The van der Waals surface area contributed by atoms with E-state index in [1.807, 2.05) is 13.8 Å². The summed E-state index contributed by atoms with van der Waals surface area (Å²) in [5.74, 6) is 0.0941. The number of nitrogens with two attached hydrogens (primary N) is 1. The molecule has 1 amide bonds. The number of amides is 1. The Balaban J connectivity index is 2.19. The monoisotopic (exact) mass is 331 g/mol. The summed E-state index contributed by atoms with van der Waals surface area (Å²) in [6, 6.07) is 13.1. The zero-order valence-electron chi connectivity index (χ0n) is 14.2. The predicted molar refractivity (Wildman–Crippen MR) is 96.7 cm³/mol. The van der Waals surface area contributed by atoms with E-state index in [2.05, 4.69) is 59.3 Å². The van der Waals surface area contributed by atoms with Gasteiger partial charge in [0.15, 0.2) is 6.04 Å². The predicted octanol–water partition coefficient (Wildman–Crippen LogP) is 2.88. The van der Waals surface area contributed by atoms with Crippen molar-refractivity contribution in [2.45, 2.75) is 45.7 Å². The van der Waals surface area contributed by atoms with Gasteiger partial charge in [0.25, 0.3) is 5.91 Å². The lowest BCUT2D eigenvalue weighted by atomic mass is 10.0. The molecule has 0 bridgehead atoms. The van der Waals surface area contributed by atoms with Crippen LogP contribution in [-0.2, 0) is 11.2 Å². The van der Waals surface area contributed by atoms with Gasteiger partial charge in [-0.05, 0) is 37.3 Å². The van der Waals surface area contributed by atoms with Gasteiger partial charge in [-0.1, -0.05) is 43.7 Å². The van der Waals surface area contributed by atoms with E-state index >= 15 is 0 Å². The highest BCUT2D eigenvalue weighted by atomic mass is 32.1. The van der Waals surface area contributed by atoms with Crippen LogP contribution in [0.1, 0.15) is 49.2 Å². The van der Waals surface area contributed by atoms with Crippen molar-refractivity contribution < 1.29 is 10.1 Å². The van der Waals surface area contributed by atoms with E-state index in [9.17, 15) is 4.79 Å². The molecule has 3 N–H and O–H groups in total. The summed E-state index contributed by atoms with van der Waals surface area (Å²) in [6.07, 6.45) is 2.27. The van der Waals surface area contributed by atoms with Gasteiger partial charge in [0, 0.05) is 12.1 Å². The minimum Gasteiger partial charge on any atom is -0.351 e. The van der Waals surface area contributed by atoms with Crippen LogP contribution in [0.4, 0.5) is 0 Å². The number of carbonyl (C=O) groups excluding carboxylic acids is 1. The summed E-state index contributed by atoms with van der Waals surface area (Å²) < 4.78 is 0. The van der Waals surface area contributed by atoms with Gasteiger partial charge in [0.1, 0.15) is 6.04 Å². The van der Waals surface area contributed by atoms with Crippen molar-refractivity contribution in [3.05, 3.63) is 57.8 Å². The molecule has 1 heterocycles. The summed E-state index contributed by atoms with van der Waals surface area (Å²) in [5.41, 5.74) is 2.63. The highest BCUT2D eigenvalue weighted by molar-refractivity contribution is 7.10. The third kappa shape index (κ3) is 4.91. The van der Waals surface area contributed by atoms with Crippen molar-refractivity contribution >= 4 is 17.2 Å². The first-order chi connectivity index (χ1) is 11.2. The minimum atomic E-state index is -0.114. The standard InChI is InChI=1S/C19H26N2OS/c1-4-7-15-9-11-16(12-10-15)18(17-8-6-13-23-17)21-14(3)19(22)20-5-2/h6,8-14,18,21H,4-5,7H2,1-3H3,(H,20,22)/p+1/t14-,18-/m0/s1. The third-order valence-corrected chi connectivity index (χ3v) is 4.93. The Morgan fingerprint density at radius 1 is 1.22 bits per heavy atom. The molecule has 0 aliphatic heterocycles. The van der Waals surface area contributed by atoms with Gasteiger partial charge in [-0.2, -0.15) is 0 Å². The molecule has 0 saturated heterocycles. The normalized spacial score (nSPS) is 13.5. The number of likely N-dealkylation sites (N-methyl/N-ethyl adjacent to an activating group) is 1. The molecule has 2 aromatic rings. The van der Waals surface area contributed by atoms with Crippen LogP contribution in [0, 0.1) is 0 Å². The largest absolute Gasteiger partial charge is 0.351 e. The highest BCUT2D eigenvalue weighted by Crippen LogP contribution is 2.23. The van der Waals surface area contributed by atoms with E-state index in [0.717, 1.165) is 12.8 Å². The number of benzene rings is 1. The van der Waals surface area contributed by atoms with E-state index in [1.165, 1.54) is 16.0 Å². The van der Waals surface area contributed by atoms with Crippen LogP contribution < -0.4 is 10.6 Å². The molecule has 124 valence electrons. The molecule has 0 saturated carbocycles. The molecule has 0 aliphatic rings. The Morgan fingerprint density at radius 2 is 1.96 bits per heavy atom. The van der Waals surface area contributed by atoms with E-state index in [0.29, 0.717) is 6.54 Å². The fourth-order valence-corrected chi connectivity index (χ4v) is 3.56. The number of carbonyl (C=O) groups is 1. The molecule has 2 rings (SSSR count). The quantitative estimate of drug-likeness (QED) is 0.767. The van der Waals surface area contributed by atoms with E-state index < -0.39 is 0 Å². The van der Waals surface area contributed by atoms with Crippen LogP contribution >= 0.6 is 11.3 Å². The zero-order chi connectivity index (χ0) is 16.7. The Labute approximate surface area is 143 Å². The van der Waals surface area contributed by atoms with Crippen LogP contribution in [0.2, 0.25) is 0 Å². The Kier molecular flexibility index (Phi) is 6.81. The highest BCUT2D eigenvalue weighted by Gasteiger charge is 2.25. The van der Waals surface area contributed by atoms with Gasteiger partial charge in [0.05, 0.1) is 4.88 Å². The van der Waals surface area contributed by atoms with Gasteiger partial charge < -0.3 is 10.6 Å². The molecular weight excluding hydrogens is 304 g/mol. The fraction of sp³-hybridized carbons (Fsp3) is 0.421. The van der Waals surface area contributed by atoms with Crippen LogP contribution in [0.5, 0.6) is 0 Å². The van der Waals surface area contributed by atoms with Crippen LogP contribution in [0.15, 0.2) is 41.8 Å². The number of nitrogens with one attached hydrogen (secondary N) is 1. The van der Waals surface area contributed by atoms with Crippen molar-refractivity contribution in [2.75, 3.05) is 6.54 Å². The van der Waals surface area contributed by atoms with Gasteiger partial charge in [0.2, 0.25) is 0 Å². The van der Waals surface area contributed by atoms with E-state index in [-0.39, 0.29) is 18.0 Å². The average Bonchev–Trinajstić information content (AvgIpc) is 3.08. The maximum atomic E-state index is 12.1. The molecule has 1 aromatic carbocycles. The maximum absolute atomic E-state index is 12.1. The van der Waals surface area contributed by atoms with Crippen molar-refractivity contribution in [1.29, 1.82) is 0 Å². The molecule has 0 spiro atoms. The van der Waals surface area contributed by atoms with Gasteiger partial charge in [-0.25, -0.2) is 0 Å². The molecule has 0 radical (unpaired) electrons. The molecule has 0 aliphatic carbocycles. The van der Waals surface area contributed by atoms with Crippen LogP contribution in [-0.4, -0.2) is 18.5 Å². The lowest BCUT2D eigenvalue weighted by Crippen LogP contribution is -2.92. The van der Waals surface area contributed by atoms with Crippen LogP contribution in [0.25, 0.3) is 0 Å².